The molecule has 2 N–H and O–H groups in total. The van der Waals surface area contributed by atoms with Crippen LogP contribution in [0.3, 0.4) is 0 Å². The molecule has 1 aliphatic rings. The highest BCUT2D eigenvalue weighted by molar-refractivity contribution is 6.04. The molecule has 0 saturated heterocycles. The highest BCUT2D eigenvalue weighted by Crippen LogP contribution is 2.38. The van der Waals surface area contributed by atoms with Crippen molar-refractivity contribution in [1.29, 1.82) is 0 Å². The van der Waals surface area contributed by atoms with Crippen molar-refractivity contribution in [3.05, 3.63) is 59.2 Å². The molecule has 1 aliphatic heterocycles. The van der Waals surface area contributed by atoms with Crippen LogP contribution in [-0.4, -0.2) is 38.9 Å². The predicted octanol–water partition coefficient (Wildman–Crippen LogP) is 3.82. The van der Waals surface area contributed by atoms with Gasteiger partial charge in [0.15, 0.2) is 0 Å². The van der Waals surface area contributed by atoms with Gasteiger partial charge in [0.05, 0.1) is 44.2 Å². The van der Waals surface area contributed by atoms with Crippen molar-refractivity contribution >= 4 is 17.7 Å². The summed E-state index contributed by atoms with van der Waals surface area (Å²) in [5.74, 6) is 1.28. The summed E-state index contributed by atoms with van der Waals surface area (Å²) in [5.41, 5.74) is 1.93. The van der Waals surface area contributed by atoms with Gasteiger partial charge in [-0.1, -0.05) is 0 Å². The number of carbonyl (C=O) groups is 2. The first-order valence-corrected chi connectivity index (χ1v) is 10.5. The number of nitrogens with one attached hydrogen (secondary N) is 2. The zero-order valence-corrected chi connectivity index (χ0v) is 18.7. The van der Waals surface area contributed by atoms with Gasteiger partial charge in [-0.15, -0.1) is 0 Å². The van der Waals surface area contributed by atoms with Crippen molar-refractivity contribution in [2.24, 2.45) is 0 Å². The van der Waals surface area contributed by atoms with Crippen molar-refractivity contribution in [2.75, 3.05) is 26.9 Å². The molecule has 2 aromatic carbocycles. The van der Waals surface area contributed by atoms with Gasteiger partial charge < -0.3 is 29.6 Å². The first kappa shape index (κ1) is 23.0. The lowest BCUT2D eigenvalue weighted by Gasteiger charge is -2.30. The van der Waals surface area contributed by atoms with Gasteiger partial charge >= 0.3 is 12.0 Å². The largest absolute Gasteiger partial charge is 0.497 e. The number of esters is 1. The quantitative estimate of drug-likeness (QED) is 0.576. The minimum atomic E-state index is -0.780. The van der Waals surface area contributed by atoms with Gasteiger partial charge in [0.25, 0.3) is 0 Å². The molecule has 0 aromatic heterocycles. The van der Waals surface area contributed by atoms with Gasteiger partial charge in [-0.05, 0) is 62.7 Å². The number of ether oxygens (including phenoxy) is 4. The van der Waals surface area contributed by atoms with E-state index in [9.17, 15) is 9.59 Å². The number of carbonyl (C=O) groups excluding carboxylic acids is 2. The van der Waals surface area contributed by atoms with Crippen LogP contribution in [0.25, 0.3) is 5.70 Å². The van der Waals surface area contributed by atoms with E-state index in [4.69, 9.17) is 18.9 Å². The summed E-state index contributed by atoms with van der Waals surface area (Å²) < 4.78 is 22.0. The zero-order valence-electron chi connectivity index (χ0n) is 18.7. The maximum atomic E-state index is 13.1. The van der Waals surface area contributed by atoms with Crippen LogP contribution in [0.4, 0.5) is 4.79 Å². The van der Waals surface area contributed by atoms with E-state index >= 15 is 0 Å². The second-order valence-electron chi connectivity index (χ2n) is 6.83. The van der Waals surface area contributed by atoms with E-state index in [1.165, 1.54) is 0 Å². The predicted molar refractivity (Wildman–Crippen MR) is 120 cm³/mol. The molecule has 1 heterocycles. The highest BCUT2D eigenvalue weighted by Gasteiger charge is 2.36. The van der Waals surface area contributed by atoms with Crippen LogP contribution in [0.15, 0.2) is 48.0 Å². The van der Waals surface area contributed by atoms with Gasteiger partial charge in [0, 0.05) is 11.6 Å². The fourth-order valence-electron chi connectivity index (χ4n) is 3.50. The average molecular weight is 440 g/mol. The number of benzene rings is 2. The topological polar surface area (TPSA) is 95.1 Å². The third-order valence-corrected chi connectivity index (χ3v) is 4.85. The molecule has 8 nitrogen and oxygen atoms in total. The number of rotatable bonds is 9. The number of hydrogen-bond donors (Lipinski definition) is 2. The van der Waals surface area contributed by atoms with Crippen molar-refractivity contribution in [3.63, 3.8) is 0 Å². The second kappa shape index (κ2) is 10.6. The fraction of sp³-hybridized carbons (Fsp3) is 0.333. The van der Waals surface area contributed by atoms with Crippen molar-refractivity contribution in [3.8, 4) is 17.2 Å². The molecule has 32 heavy (non-hydrogen) atoms. The first-order valence-electron chi connectivity index (χ1n) is 10.5. The summed E-state index contributed by atoms with van der Waals surface area (Å²) >= 11 is 0. The highest BCUT2D eigenvalue weighted by atomic mass is 16.5. The minimum Gasteiger partial charge on any atom is -0.497 e. The smallest absolute Gasteiger partial charge is 0.338 e. The summed E-state index contributed by atoms with van der Waals surface area (Å²) in [6.45, 7) is 6.60. The third-order valence-electron chi connectivity index (χ3n) is 4.85. The van der Waals surface area contributed by atoms with E-state index in [-0.39, 0.29) is 12.2 Å². The maximum absolute atomic E-state index is 13.1. The summed E-state index contributed by atoms with van der Waals surface area (Å²) in [6, 6.07) is 11.2. The van der Waals surface area contributed by atoms with Crippen LogP contribution < -0.4 is 24.8 Å². The molecule has 0 bridgehead atoms. The van der Waals surface area contributed by atoms with Gasteiger partial charge in [0.2, 0.25) is 0 Å². The summed E-state index contributed by atoms with van der Waals surface area (Å²) in [6.07, 6.45) is 0. The lowest BCUT2D eigenvalue weighted by atomic mass is 9.92. The number of methoxy groups -OCH3 is 1. The van der Waals surface area contributed by atoms with Crippen LogP contribution in [0.5, 0.6) is 17.2 Å². The number of amides is 2. The van der Waals surface area contributed by atoms with E-state index in [1.54, 1.807) is 56.5 Å². The van der Waals surface area contributed by atoms with Crippen molar-refractivity contribution in [2.45, 2.75) is 26.8 Å². The molecule has 0 radical (unpaired) electrons. The molecule has 3 rings (SSSR count). The fourth-order valence-corrected chi connectivity index (χ4v) is 3.50. The Morgan fingerprint density at radius 2 is 1.62 bits per heavy atom. The molecule has 2 aromatic rings. The molecular weight excluding hydrogens is 412 g/mol. The van der Waals surface area contributed by atoms with Crippen LogP contribution in [0.1, 0.15) is 37.9 Å². The van der Waals surface area contributed by atoms with E-state index in [0.717, 1.165) is 0 Å². The Morgan fingerprint density at radius 1 is 0.938 bits per heavy atom. The Hall–Kier alpha value is -3.68. The van der Waals surface area contributed by atoms with E-state index < -0.39 is 18.0 Å². The Bertz CT molecular complexity index is 1000. The lowest BCUT2D eigenvalue weighted by Crippen LogP contribution is -2.45. The minimum absolute atomic E-state index is 0.195. The van der Waals surface area contributed by atoms with Crippen LogP contribution in [0, 0.1) is 0 Å². The van der Waals surface area contributed by atoms with Crippen LogP contribution >= 0.6 is 0 Å². The zero-order chi connectivity index (χ0) is 23.1. The van der Waals surface area contributed by atoms with E-state index in [2.05, 4.69) is 10.6 Å². The molecule has 0 spiro atoms. The maximum Gasteiger partial charge on any atom is 0.338 e. The summed E-state index contributed by atoms with van der Waals surface area (Å²) in [4.78, 5) is 25.7. The normalized spacial score (nSPS) is 15.5. The Morgan fingerprint density at radius 3 is 2.25 bits per heavy atom. The van der Waals surface area contributed by atoms with E-state index in [0.29, 0.717) is 47.3 Å². The van der Waals surface area contributed by atoms with Gasteiger partial charge in [-0.2, -0.15) is 0 Å². The molecule has 1 atom stereocenters. The standard InChI is InChI=1S/C24H28N2O6/c1-5-30-17-12-13-18(19(14-17)31-6-2)22-20(23(27)32-7-3)21(25-24(28)26-22)15-8-10-16(29-4)11-9-15/h8-14,22H,5-7H2,1-4H3,(H2,25,26,28). The van der Waals surface area contributed by atoms with Gasteiger partial charge in [-0.25, -0.2) is 9.59 Å². The molecular formula is C24H28N2O6. The first-order chi connectivity index (χ1) is 15.5. The van der Waals surface area contributed by atoms with Crippen LogP contribution in [-0.2, 0) is 9.53 Å². The Labute approximate surface area is 187 Å². The Kier molecular flexibility index (Phi) is 7.59. The average Bonchev–Trinajstić information content (AvgIpc) is 2.79. The van der Waals surface area contributed by atoms with E-state index in [1.807, 2.05) is 13.8 Å². The van der Waals surface area contributed by atoms with Crippen molar-refractivity contribution in [1.82, 2.24) is 10.6 Å². The van der Waals surface area contributed by atoms with Crippen LogP contribution in [0.2, 0.25) is 0 Å². The number of urea groups is 1. The van der Waals surface area contributed by atoms with Gasteiger partial charge in [0.1, 0.15) is 17.2 Å². The summed E-state index contributed by atoms with van der Waals surface area (Å²) in [5, 5.41) is 5.61. The molecule has 170 valence electrons. The molecule has 2 amide bonds. The Balaban J connectivity index is 2.18. The molecule has 0 aliphatic carbocycles. The molecule has 1 unspecified atom stereocenters. The summed E-state index contributed by atoms with van der Waals surface area (Å²) in [7, 11) is 1.57. The molecule has 0 saturated carbocycles. The molecule has 8 heteroatoms. The third kappa shape index (κ3) is 4.96. The second-order valence-corrected chi connectivity index (χ2v) is 6.83. The van der Waals surface area contributed by atoms with Gasteiger partial charge in [-0.3, -0.25) is 0 Å². The van der Waals surface area contributed by atoms with Crippen molar-refractivity contribution < 1.29 is 28.5 Å². The number of hydrogen-bond acceptors (Lipinski definition) is 6. The SMILES string of the molecule is CCOC(=O)C1=C(c2ccc(OC)cc2)NC(=O)NC1c1ccc(OCC)cc1OCC. The molecule has 0 fully saturated rings. The monoisotopic (exact) mass is 440 g/mol. The lowest BCUT2D eigenvalue weighted by molar-refractivity contribution is -0.138.